The van der Waals surface area contributed by atoms with Gasteiger partial charge in [-0.25, -0.2) is 13.6 Å². The summed E-state index contributed by atoms with van der Waals surface area (Å²) >= 11 is 0. The van der Waals surface area contributed by atoms with Crippen LogP contribution in [0.4, 0.5) is 17.1 Å². The first-order valence-electron chi connectivity index (χ1n) is 6.31. The Morgan fingerprint density at radius 1 is 1.23 bits per heavy atom. The van der Waals surface area contributed by atoms with E-state index < -0.39 is 36.1 Å². The Bertz CT molecular complexity index is 668. The highest BCUT2D eigenvalue weighted by atomic mass is 32.2. The summed E-state index contributed by atoms with van der Waals surface area (Å²) in [7, 11) is -4.30. The fraction of sp³-hybridized carbons (Fsp3) is 0.455. The molecule has 10 nitrogen and oxygen atoms in total. The Balaban J connectivity index is 3.51. The second-order valence-corrected chi connectivity index (χ2v) is 6.35. The molecule has 0 aliphatic carbocycles. The van der Waals surface area contributed by atoms with Crippen LogP contribution in [-0.2, 0) is 10.0 Å². The Labute approximate surface area is 126 Å². The Morgan fingerprint density at radius 3 is 2.00 bits per heavy atom. The third kappa shape index (κ3) is 4.11. The number of nitrogens with one attached hydrogen (secondary N) is 1. The van der Waals surface area contributed by atoms with Crippen molar-refractivity contribution in [2.24, 2.45) is 11.1 Å². The molecule has 22 heavy (non-hydrogen) atoms. The normalized spacial score (nSPS) is 12.7. The van der Waals surface area contributed by atoms with E-state index in [1.807, 2.05) is 13.8 Å². The molecule has 0 bridgehead atoms. The van der Waals surface area contributed by atoms with Crippen LogP contribution in [-0.4, -0.2) is 24.8 Å². The minimum atomic E-state index is -4.30. The lowest BCUT2D eigenvalue weighted by Gasteiger charge is -2.12. The van der Waals surface area contributed by atoms with Gasteiger partial charge in [0.25, 0.3) is 0 Å². The minimum Gasteiger partial charge on any atom is -0.374 e. The first kappa shape index (κ1) is 17.8. The van der Waals surface area contributed by atoms with Gasteiger partial charge in [-0.05, 0) is 5.92 Å². The quantitative estimate of drug-likeness (QED) is 0.566. The van der Waals surface area contributed by atoms with Crippen molar-refractivity contribution in [2.45, 2.75) is 25.2 Å². The number of hydrogen-bond donors (Lipinski definition) is 2. The van der Waals surface area contributed by atoms with Crippen molar-refractivity contribution in [1.82, 2.24) is 0 Å². The number of nitrogens with two attached hydrogens (primary N) is 1. The standard InChI is InChI=1S/C11H16N4O6S/c1-3-7(2)6-13-11-9(14(16)17)4-8(22(12,20)21)5-10(11)15(18)19/h4-5,7,13H,3,6H2,1-2H3,(H2,12,20,21). The summed E-state index contributed by atoms with van der Waals surface area (Å²) in [6, 6.07) is 1.42. The van der Waals surface area contributed by atoms with Crippen LogP contribution in [0.15, 0.2) is 17.0 Å². The van der Waals surface area contributed by atoms with E-state index >= 15 is 0 Å². The summed E-state index contributed by atoms with van der Waals surface area (Å²) < 4.78 is 22.6. The molecule has 1 unspecified atom stereocenters. The molecule has 0 fully saturated rings. The molecule has 11 heteroatoms. The van der Waals surface area contributed by atoms with Gasteiger partial charge in [0, 0.05) is 18.7 Å². The molecular weight excluding hydrogens is 316 g/mol. The number of sulfonamides is 1. The van der Waals surface area contributed by atoms with Crippen LogP contribution in [0.1, 0.15) is 20.3 Å². The van der Waals surface area contributed by atoms with Gasteiger partial charge in [-0.1, -0.05) is 20.3 Å². The second kappa shape index (κ2) is 6.66. The minimum absolute atomic E-state index is 0.122. The summed E-state index contributed by atoms with van der Waals surface area (Å²) in [6.07, 6.45) is 0.768. The molecule has 0 amide bonds. The molecule has 1 aromatic rings. The van der Waals surface area contributed by atoms with Crippen LogP contribution in [0, 0.1) is 26.1 Å². The van der Waals surface area contributed by atoms with E-state index in [4.69, 9.17) is 5.14 Å². The van der Waals surface area contributed by atoms with Gasteiger partial charge >= 0.3 is 11.4 Å². The molecule has 0 saturated heterocycles. The number of anilines is 1. The molecule has 0 saturated carbocycles. The van der Waals surface area contributed by atoms with Crippen molar-refractivity contribution in [2.75, 3.05) is 11.9 Å². The van der Waals surface area contributed by atoms with Gasteiger partial charge in [0.05, 0.1) is 14.7 Å². The fourth-order valence-corrected chi connectivity index (χ4v) is 2.19. The van der Waals surface area contributed by atoms with E-state index in [1.54, 1.807) is 0 Å². The smallest absolute Gasteiger partial charge is 0.300 e. The van der Waals surface area contributed by atoms with E-state index in [9.17, 15) is 28.6 Å². The van der Waals surface area contributed by atoms with Crippen LogP contribution >= 0.6 is 0 Å². The van der Waals surface area contributed by atoms with Crippen molar-refractivity contribution in [3.63, 3.8) is 0 Å². The van der Waals surface area contributed by atoms with Crippen LogP contribution < -0.4 is 10.5 Å². The molecule has 1 aromatic carbocycles. The van der Waals surface area contributed by atoms with Gasteiger partial charge in [-0.15, -0.1) is 0 Å². The summed E-state index contributed by atoms with van der Waals surface area (Å²) in [5.41, 5.74) is -1.74. The number of benzene rings is 1. The summed E-state index contributed by atoms with van der Waals surface area (Å²) in [4.78, 5) is 19.7. The van der Waals surface area contributed by atoms with E-state index in [0.29, 0.717) is 12.1 Å². The lowest BCUT2D eigenvalue weighted by molar-refractivity contribution is -0.392. The van der Waals surface area contributed by atoms with E-state index in [0.717, 1.165) is 6.42 Å². The third-order valence-corrected chi connectivity index (χ3v) is 4.01. The fourth-order valence-electron chi connectivity index (χ4n) is 1.64. The van der Waals surface area contributed by atoms with Crippen molar-refractivity contribution < 1.29 is 18.3 Å². The third-order valence-electron chi connectivity index (χ3n) is 3.12. The Kier molecular flexibility index (Phi) is 5.38. The van der Waals surface area contributed by atoms with Crippen molar-refractivity contribution in [3.8, 4) is 0 Å². The zero-order chi connectivity index (χ0) is 17.1. The largest absolute Gasteiger partial charge is 0.374 e. The first-order valence-corrected chi connectivity index (χ1v) is 7.86. The van der Waals surface area contributed by atoms with Crippen molar-refractivity contribution in [1.29, 1.82) is 0 Å². The summed E-state index contributed by atoms with van der Waals surface area (Å²) in [5, 5.41) is 29.7. The maximum Gasteiger partial charge on any atom is 0.300 e. The molecule has 0 aromatic heterocycles. The van der Waals surface area contributed by atoms with Gasteiger partial charge in [-0.2, -0.15) is 0 Å². The van der Waals surface area contributed by atoms with Crippen molar-refractivity contribution in [3.05, 3.63) is 32.4 Å². The van der Waals surface area contributed by atoms with Gasteiger partial charge in [0.2, 0.25) is 10.0 Å². The molecule has 0 heterocycles. The molecule has 122 valence electrons. The average Bonchev–Trinajstić information content (AvgIpc) is 2.42. The van der Waals surface area contributed by atoms with Crippen LogP contribution in [0.2, 0.25) is 0 Å². The Morgan fingerprint density at radius 2 is 1.68 bits per heavy atom. The molecule has 1 atom stereocenters. The predicted octanol–water partition coefficient (Wildman–Crippen LogP) is 1.61. The number of nitrogens with zero attached hydrogens (tertiary/aromatic N) is 2. The van der Waals surface area contributed by atoms with Gasteiger partial charge in [0.15, 0.2) is 5.69 Å². The van der Waals surface area contributed by atoms with E-state index in [-0.39, 0.29) is 18.2 Å². The maximum atomic E-state index is 11.3. The number of primary sulfonamides is 1. The van der Waals surface area contributed by atoms with Crippen LogP contribution in [0.5, 0.6) is 0 Å². The molecule has 0 aliphatic heterocycles. The molecule has 0 radical (unpaired) electrons. The molecular formula is C11H16N4O6S. The Hall–Kier alpha value is -2.27. The van der Waals surface area contributed by atoms with Crippen LogP contribution in [0.3, 0.4) is 0 Å². The lowest BCUT2D eigenvalue weighted by Crippen LogP contribution is -2.16. The number of hydrogen-bond acceptors (Lipinski definition) is 7. The maximum absolute atomic E-state index is 11.3. The van der Waals surface area contributed by atoms with Crippen molar-refractivity contribution >= 4 is 27.1 Å². The monoisotopic (exact) mass is 332 g/mol. The van der Waals surface area contributed by atoms with Gasteiger partial charge in [0.1, 0.15) is 0 Å². The highest BCUT2D eigenvalue weighted by Gasteiger charge is 2.29. The molecule has 0 aliphatic rings. The number of nitro benzene ring substituents is 2. The highest BCUT2D eigenvalue weighted by Crippen LogP contribution is 2.37. The van der Waals surface area contributed by atoms with E-state index in [2.05, 4.69) is 5.32 Å². The molecule has 0 spiro atoms. The van der Waals surface area contributed by atoms with Gasteiger partial charge in [-0.3, -0.25) is 20.2 Å². The number of nitro groups is 2. The SMILES string of the molecule is CCC(C)CNc1c([N+](=O)[O-])cc(S(N)(=O)=O)cc1[N+](=O)[O-]. The van der Waals surface area contributed by atoms with E-state index in [1.165, 1.54) is 0 Å². The topological polar surface area (TPSA) is 158 Å². The number of rotatable bonds is 7. The average molecular weight is 332 g/mol. The summed E-state index contributed by atoms with van der Waals surface area (Å²) in [5.74, 6) is 0.122. The zero-order valence-corrected chi connectivity index (χ0v) is 12.8. The summed E-state index contributed by atoms with van der Waals surface area (Å²) in [6.45, 7) is 4.04. The molecule has 1 rings (SSSR count). The molecule has 3 N–H and O–H groups in total. The highest BCUT2D eigenvalue weighted by molar-refractivity contribution is 7.89. The first-order chi connectivity index (χ1) is 10.1. The predicted molar refractivity (Wildman–Crippen MR) is 79.1 cm³/mol. The van der Waals surface area contributed by atoms with Crippen LogP contribution in [0.25, 0.3) is 0 Å². The van der Waals surface area contributed by atoms with Gasteiger partial charge < -0.3 is 5.32 Å². The lowest BCUT2D eigenvalue weighted by atomic mass is 10.1. The second-order valence-electron chi connectivity index (χ2n) is 4.79. The zero-order valence-electron chi connectivity index (χ0n) is 12.0.